The molecule has 1 N–H and O–H groups in total. The van der Waals surface area contributed by atoms with Crippen molar-refractivity contribution in [3.05, 3.63) is 52.3 Å². The summed E-state index contributed by atoms with van der Waals surface area (Å²) >= 11 is 5.88. The van der Waals surface area contributed by atoms with Gasteiger partial charge in [-0.15, -0.1) is 0 Å². The number of fused-ring (bicyclic) bond motifs is 1. The Labute approximate surface area is 121 Å². The zero-order valence-corrected chi connectivity index (χ0v) is 11.7. The second-order valence-electron chi connectivity index (χ2n) is 4.63. The van der Waals surface area contributed by atoms with Crippen molar-refractivity contribution >= 4 is 17.5 Å². The minimum atomic E-state index is -0.185. The maximum atomic E-state index is 11.6. The Balaban J connectivity index is 1.83. The number of carbonyl (C=O) groups excluding carboxylic acids is 1. The fraction of sp³-hybridized carbons (Fsp3) is 0.286. The van der Waals surface area contributed by atoms with Gasteiger partial charge in [0.25, 0.3) is 5.91 Å². The number of hydrogen-bond acceptors (Lipinski definition) is 3. The first kappa shape index (κ1) is 13.1. The van der Waals surface area contributed by atoms with Crippen molar-refractivity contribution in [1.29, 1.82) is 0 Å². The molecule has 0 fully saturated rings. The SMILES string of the molecule is CNC(=O)c1cc2n(n1)CC(c1ccc(Cl)cc1)OC2. The Bertz CT molecular complexity index is 636. The van der Waals surface area contributed by atoms with Crippen LogP contribution in [-0.4, -0.2) is 22.7 Å². The number of hydrogen-bond donors (Lipinski definition) is 1. The van der Waals surface area contributed by atoms with Crippen molar-refractivity contribution in [2.45, 2.75) is 19.3 Å². The van der Waals surface area contributed by atoms with Crippen LogP contribution >= 0.6 is 11.6 Å². The molecule has 0 spiro atoms. The summed E-state index contributed by atoms with van der Waals surface area (Å²) in [5.74, 6) is -0.185. The van der Waals surface area contributed by atoms with E-state index in [1.807, 2.05) is 28.9 Å². The summed E-state index contributed by atoms with van der Waals surface area (Å²) < 4.78 is 7.65. The average Bonchev–Trinajstić information content (AvgIpc) is 2.90. The molecule has 1 amide bonds. The molecule has 1 atom stereocenters. The number of rotatable bonds is 2. The Kier molecular flexibility index (Phi) is 3.46. The number of aromatic nitrogens is 2. The second-order valence-corrected chi connectivity index (χ2v) is 5.07. The summed E-state index contributed by atoms with van der Waals surface area (Å²) in [6.07, 6.45) is -0.0720. The van der Waals surface area contributed by atoms with Gasteiger partial charge < -0.3 is 10.1 Å². The molecule has 0 radical (unpaired) electrons. The molecule has 6 heteroatoms. The molecule has 5 nitrogen and oxygen atoms in total. The van der Waals surface area contributed by atoms with Crippen LogP contribution in [-0.2, 0) is 17.9 Å². The highest BCUT2D eigenvalue weighted by atomic mass is 35.5. The van der Waals surface area contributed by atoms with E-state index in [1.54, 1.807) is 13.1 Å². The van der Waals surface area contributed by atoms with Gasteiger partial charge in [0.05, 0.1) is 18.8 Å². The molecule has 3 rings (SSSR count). The Morgan fingerprint density at radius 2 is 2.20 bits per heavy atom. The van der Waals surface area contributed by atoms with Crippen LogP contribution < -0.4 is 5.32 Å². The van der Waals surface area contributed by atoms with E-state index in [-0.39, 0.29) is 12.0 Å². The maximum Gasteiger partial charge on any atom is 0.271 e. The Hall–Kier alpha value is -1.85. The van der Waals surface area contributed by atoms with Crippen LogP contribution in [0.3, 0.4) is 0 Å². The highest BCUT2D eigenvalue weighted by Gasteiger charge is 2.23. The molecule has 2 heterocycles. The Morgan fingerprint density at radius 1 is 1.45 bits per heavy atom. The number of carbonyl (C=O) groups is 1. The van der Waals surface area contributed by atoms with Crippen LogP contribution in [0.5, 0.6) is 0 Å². The van der Waals surface area contributed by atoms with Gasteiger partial charge in [-0.2, -0.15) is 5.10 Å². The van der Waals surface area contributed by atoms with Gasteiger partial charge >= 0.3 is 0 Å². The second kappa shape index (κ2) is 5.26. The van der Waals surface area contributed by atoms with Crippen molar-refractivity contribution in [2.24, 2.45) is 0 Å². The zero-order chi connectivity index (χ0) is 14.1. The fourth-order valence-electron chi connectivity index (χ4n) is 2.24. The third-order valence-corrected chi connectivity index (χ3v) is 3.59. The van der Waals surface area contributed by atoms with Crippen LogP contribution in [0.15, 0.2) is 30.3 Å². The number of amides is 1. The molecule has 2 aromatic rings. The van der Waals surface area contributed by atoms with Crippen molar-refractivity contribution in [3.63, 3.8) is 0 Å². The molecule has 0 aliphatic carbocycles. The summed E-state index contributed by atoms with van der Waals surface area (Å²) in [4.78, 5) is 11.6. The topological polar surface area (TPSA) is 56.2 Å². The van der Waals surface area contributed by atoms with Crippen LogP contribution in [0.4, 0.5) is 0 Å². The van der Waals surface area contributed by atoms with Crippen LogP contribution in [0, 0.1) is 0 Å². The first-order chi connectivity index (χ1) is 9.67. The molecule has 0 bridgehead atoms. The molecule has 0 saturated heterocycles. The monoisotopic (exact) mass is 291 g/mol. The molecule has 1 aliphatic rings. The number of benzene rings is 1. The lowest BCUT2D eigenvalue weighted by Gasteiger charge is -2.24. The summed E-state index contributed by atoms with van der Waals surface area (Å²) in [5.41, 5.74) is 2.38. The average molecular weight is 292 g/mol. The fourth-order valence-corrected chi connectivity index (χ4v) is 2.37. The van der Waals surface area contributed by atoms with Crippen LogP contribution in [0.1, 0.15) is 27.8 Å². The van der Waals surface area contributed by atoms with Crippen molar-refractivity contribution in [3.8, 4) is 0 Å². The van der Waals surface area contributed by atoms with E-state index in [9.17, 15) is 4.79 Å². The third-order valence-electron chi connectivity index (χ3n) is 3.34. The number of nitrogens with one attached hydrogen (secondary N) is 1. The van der Waals surface area contributed by atoms with E-state index < -0.39 is 0 Å². The van der Waals surface area contributed by atoms with Gasteiger partial charge in [0.15, 0.2) is 5.69 Å². The number of ether oxygens (including phenoxy) is 1. The first-order valence-electron chi connectivity index (χ1n) is 6.33. The minimum Gasteiger partial charge on any atom is -0.365 e. The smallest absolute Gasteiger partial charge is 0.271 e. The van der Waals surface area contributed by atoms with Gasteiger partial charge in [-0.25, -0.2) is 0 Å². The summed E-state index contributed by atoms with van der Waals surface area (Å²) in [7, 11) is 1.59. The molecule has 1 aliphatic heterocycles. The van der Waals surface area contributed by atoms with E-state index in [0.29, 0.717) is 23.9 Å². The van der Waals surface area contributed by atoms with Gasteiger partial charge in [0.1, 0.15) is 6.10 Å². The largest absolute Gasteiger partial charge is 0.365 e. The van der Waals surface area contributed by atoms with Crippen molar-refractivity contribution in [2.75, 3.05) is 7.05 Å². The van der Waals surface area contributed by atoms with E-state index in [4.69, 9.17) is 16.3 Å². The van der Waals surface area contributed by atoms with Gasteiger partial charge in [-0.3, -0.25) is 9.48 Å². The lowest BCUT2D eigenvalue weighted by atomic mass is 10.1. The van der Waals surface area contributed by atoms with Crippen LogP contribution in [0.2, 0.25) is 5.02 Å². The highest BCUT2D eigenvalue weighted by molar-refractivity contribution is 6.30. The molecule has 104 valence electrons. The van der Waals surface area contributed by atoms with Gasteiger partial charge in [-0.1, -0.05) is 23.7 Å². The molecule has 20 heavy (non-hydrogen) atoms. The summed E-state index contributed by atoms with van der Waals surface area (Å²) in [6.45, 7) is 1.03. The zero-order valence-electron chi connectivity index (χ0n) is 11.0. The first-order valence-corrected chi connectivity index (χ1v) is 6.71. The lowest BCUT2D eigenvalue weighted by Crippen LogP contribution is -2.22. The number of halogens is 1. The molecule has 1 aromatic carbocycles. The molecular weight excluding hydrogens is 278 g/mol. The van der Waals surface area contributed by atoms with Gasteiger partial charge in [0.2, 0.25) is 0 Å². The minimum absolute atomic E-state index is 0.0720. The predicted molar refractivity (Wildman–Crippen MR) is 74.6 cm³/mol. The summed E-state index contributed by atoms with van der Waals surface area (Å²) in [5, 5.41) is 7.58. The molecule has 1 aromatic heterocycles. The van der Waals surface area contributed by atoms with Gasteiger partial charge in [0, 0.05) is 12.1 Å². The van der Waals surface area contributed by atoms with E-state index in [1.165, 1.54) is 0 Å². The van der Waals surface area contributed by atoms with Crippen LogP contribution in [0.25, 0.3) is 0 Å². The molecule has 0 saturated carbocycles. The highest BCUT2D eigenvalue weighted by Crippen LogP contribution is 2.27. The predicted octanol–water partition coefficient (Wildman–Crippen LogP) is 2.17. The van der Waals surface area contributed by atoms with Gasteiger partial charge in [-0.05, 0) is 23.8 Å². The normalized spacial score (nSPS) is 17.6. The maximum absolute atomic E-state index is 11.6. The van der Waals surface area contributed by atoms with Crippen molar-refractivity contribution in [1.82, 2.24) is 15.1 Å². The lowest BCUT2D eigenvalue weighted by molar-refractivity contribution is -0.00119. The van der Waals surface area contributed by atoms with E-state index >= 15 is 0 Å². The number of nitrogens with zero attached hydrogens (tertiary/aromatic N) is 2. The quantitative estimate of drug-likeness (QED) is 0.922. The molecule has 1 unspecified atom stereocenters. The van der Waals surface area contributed by atoms with Crippen molar-refractivity contribution < 1.29 is 9.53 Å². The summed E-state index contributed by atoms with van der Waals surface area (Å²) in [6, 6.07) is 9.34. The van der Waals surface area contributed by atoms with E-state index in [0.717, 1.165) is 11.3 Å². The van der Waals surface area contributed by atoms with E-state index in [2.05, 4.69) is 10.4 Å². The Morgan fingerprint density at radius 3 is 2.90 bits per heavy atom. The standard InChI is InChI=1S/C14H14ClN3O2/c1-16-14(19)12-6-11-8-20-13(7-18(11)17-12)9-2-4-10(15)5-3-9/h2-6,13H,7-8H2,1H3,(H,16,19). The third kappa shape index (κ3) is 2.42. The molecular formula is C14H14ClN3O2.